The van der Waals surface area contributed by atoms with Gasteiger partial charge in [-0.2, -0.15) is 0 Å². The van der Waals surface area contributed by atoms with Gasteiger partial charge in [0.15, 0.2) is 0 Å². The van der Waals surface area contributed by atoms with Gasteiger partial charge in [-0.3, -0.25) is 19.4 Å². The van der Waals surface area contributed by atoms with Crippen molar-refractivity contribution < 1.29 is 23.9 Å². The lowest BCUT2D eigenvalue weighted by molar-refractivity contribution is -0.127. The summed E-state index contributed by atoms with van der Waals surface area (Å²) >= 11 is 0. The van der Waals surface area contributed by atoms with Gasteiger partial charge in [0.2, 0.25) is 11.8 Å². The molecule has 35 heavy (non-hydrogen) atoms. The number of likely N-dealkylation sites (N-methyl/N-ethyl adjacent to an activating group) is 2. The smallest absolute Gasteiger partial charge is 0.327 e. The third-order valence-corrected chi connectivity index (χ3v) is 6.98. The first-order valence-corrected chi connectivity index (χ1v) is 13.2. The fourth-order valence-corrected chi connectivity index (χ4v) is 4.72. The average Bonchev–Trinajstić information content (AvgIpc) is 3.21. The molecule has 0 unspecified atom stereocenters. The van der Waals surface area contributed by atoms with Gasteiger partial charge in [-0.25, -0.2) is 9.59 Å². The first kappa shape index (κ1) is 29.1. The highest BCUT2D eigenvalue weighted by Gasteiger charge is 2.39. The summed E-state index contributed by atoms with van der Waals surface area (Å²) in [6.45, 7) is 16.0. The van der Waals surface area contributed by atoms with Crippen molar-refractivity contribution in [1.29, 1.82) is 0 Å². The van der Waals surface area contributed by atoms with Crippen molar-refractivity contribution >= 4 is 23.9 Å². The number of ether oxygens (including phenoxy) is 1. The summed E-state index contributed by atoms with van der Waals surface area (Å²) in [5.41, 5.74) is -0.236. The SMILES string of the molecule is CCN1CC(=O)N(CC(C)(C)CCCCOCCCCC(C)(C)CN2C(=O)CN(CC)C2=O)C1=O. The van der Waals surface area contributed by atoms with E-state index in [1.54, 1.807) is 9.80 Å². The monoisotopic (exact) mass is 494 g/mol. The summed E-state index contributed by atoms with van der Waals surface area (Å²) in [7, 11) is 0. The van der Waals surface area contributed by atoms with E-state index < -0.39 is 0 Å². The largest absolute Gasteiger partial charge is 0.381 e. The van der Waals surface area contributed by atoms with Crippen LogP contribution in [0.2, 0.25) is 0 Å². The van der Waals surface area contributed by atoms with Gasteiger partial charge in [-0.15, -0.1) is 0 Å². The molecule has 0 atom stereocenters. The third-order valence-electron chi connectivity index (χ3n) is 6.98. The van der Waals surface area contributed by atoms with Crippen LogP contribution >= 0.6 is 0 Å². The average molecular weight is 495 g/mol. The third kappa shape index (κ3) is 8.47. The van der Waals surface area contributed by atoms with E-state index in [4.69, 9.17) is 4.74 Å². The number of hydrogen-bond acceptors (Lipinski definition) is 5. The Labute approximate surface area is 211 Å². The highest BCUT2D eigenvalue weighted by atomic mass is 16.5. The van der Waals surface area contributed by atoms with Crippen LogP contribution in [0.5, 0.6) is 0 Å². The van der Waals surface area contributed by atoms with Crippen molar-refractivity contribution in [2.24, 2.45) is 10.8 Å². The van der Waals surface area contributed by atoms with Crippen LogP contribution in [0.15, 0.2) is 0 Å². The van der Waals surface area contributed by atoms with E-state index in [0.29, 0.717) is 39.4 Å². The Bertz CT molecular complexity index is 705. The van der Waals surface area contributed by atoms with Crippen LogP contribution in [0.25, 0.3) is 0 Å². The summed E-state index contributed by atoms with van der Waals surface area (Å²) < 4.78 is 5.80. The van der Waals surface area contributed by atoms with Crippen molar-refractivity contribution in [2.45, 2.75) is 80.1 Å². The molecular formula is C26H46N4O5. The Morgan fingerprint density at radius 1 is 0.657 bits per heavy atom. The van der Waals surface area contributed by atoms with E-state index in [-0.39, 0.29) is 47.8 Å². The van der Waals surface area contributed by atoms with Crippen LogP contribution in [0.1, 0.15) is 80.1 Å². The Balaban J connectivity index is 1.55. The summed E-state index contributed by atoms with van der Waals surface area (Å²) in [4.78, 5) is 54.9. The molecule has 0 radical (unpaired) electrons. The van der Waals surface area contributed by atoms with Crippen LogP contribution in [-0.4, -0.2) is 96.0 Å². The maximum atomic E-state index is 12.3. The highest BCUT2D eigenvalue weighted by Crippen LogP contribution is 2.28. The van der Waals surface area contributed by atoms with E-state index >= 15 is 0 Å². The summed E-state index contributed by atoms with van der Waals surface area (Å²) in [5.74, 6) is -0.198. The minimum Gasteiger partial charge on any atom is -0.381 e. The second-order valence-electron chi connectivity index (χ2n) is 11.4. The molecule has 0 aromatic carbocycles. The van der Waals surface area contributed by atoms with Crippen molar-refractivity contribution in [3.05, 3.63) is 0 Å². The van der Waals surface area contributed by atoms with Gasteiger partial charge in [0.1, 0.15) is 13.1 Å². The standard InChI is InChI=1S/C26H46N4O5/c1-7-27-17-21(31)29(23(27)33)19-25(3,4)13-9-11-15-35-16-12-10-14-26(5,6)20-30-22(32)18-28(8-2)24(30)34/h7-20H2,1-6H3. The molecule has 0 spiro atoms. The van der Waals surface area contributed by atoms with Gasteiger partial charge in [0, 0.05) is 39.4 Å². The molecule has 0 bridgehead atoms. The van der Waals surface area contributed by atoms with Gasteiger partial charge in [-0.1, -0.05) is 40.5 Å². The Kier molecular flexibility index (Phi) is 10.5. The molecule has 9 heteroatoms. The molecular weight excluding hydrogens is 448 g/mol. The molecule has 2 aliphatic heterocycles. The lowest BCUT2D eigenvalue weighted by Gasteiger charge is -2.29. The predicted octanol–water partition coefficient (Wildman–Crippen LogP) is 3.96. The molecule has 2 heterocycles. The van der Waals surface area contributed by atoms with Crippen molar-refractivity contribution in [1.82, 2.24) is 19.6 Å². The lowest BCUT2D eigenvalue weighted by Crippen LogP contribution is -2.39. The normalized spacial score (nSPS) is 17.5. The van der Waals surface area contributed by atoms with Gasteiger partial charge in [0.05, 0.1) is 0 Å². The highest BCUT2D eigenvalue weighted by molar-refractivity contribution is 6.02. The van der Waals surface area contributed by atoms with Crippen LogP contribution in [0.3, 0.4) is 0 Å². The fourth-order valence-electron chi connectivity index (χ4n) is 4.72. The summed E-state index contributed by atoms with van der Waals surface area (Å²) in [5, 5.41) is 0. The number of rotatable bonds is 16. The number of nitrogens with zero attached hydrogens (tertiary/aromatic N) is 4. The minimum absolute atomic E-state index is 0.0991. The van der Waals surface area contributed by atoms with E-state index in [2.05, 4.69) is 27.7 Å². The van der Waals surface area contributed by atoms with E-state index in [0.717, 1.165) is 38.5 Å². The van der Waals surface area contributed by atoms with Gasteiger partial charge in [0.25, 0.3) is 0 Å². The lowest BCUT2D eigenvalue weighted by atomic mass is 9.86. The molecule has 2 fully saturated rings. The number of carbonyl (C=O) groups excluding carboxylic acids is 4. The molecule has 0 N–H and O–H groups in total. The maximum absolute atomic E-state index is 12.3. The first-order chi connectivity index (χ1) is 16.4. The molecule has 6 amide bonds. The number of carbonyl (C=O) groups is 4. The number of unbranched alkanes of at least 4 members (excludes halogenated alkanes) is 2. The minimum atomic E-state index is -0.168. The summed E-state index contributed by atoms with van der Waals surface area (Å²) in [6.07, 6.45) is 5.73. The molecule has 0 saturated carbocycles. The molecule has 0 aliphatic carbocycles. The van der Waals surface area contributed by atoms with Crippen LogP contribution in [-0.2, 0) is 14.3 Å². The predicted molar refractivity (Wildman–Crippen MR) is 135 cm³/mol. The topological polar surface area (TPSA) is 90.5 Å². The molecule has 200 valence electrons. The van der Waals surface area contributed by atoms with Gasteiger partial charge in [-0.05, 0) is 50.4 Å². The molecule has 0 aromatic rings. The zero-order valence-corrected chi connectivity index (χ0v) is 22.7. The van der Waals surface area contributed by atoms with Crippen molar-refractivity contribution in [3.8, 4) is 0 Å². The zero-order chi connectivity index (χ0) is 26.2. The Hall–Kier alpha value is -2.16. The maximum Gasteiger partial charge on any atom is 0.327 e. The Morgan fingerprint density at radius 2 is 1.03 bits per heavy atom. The van der Waals surface area contributed by atoms with Crippen LogP contribution in [0, 0.1) is 10.8 Å². The fraction of sp³-hybridized carbons (Fsp3) is 0.846. The number of urea groups is 2. The Morgan fingerprint density at radius 3 is 1.34 bits per heavy atom. The van der Waals surface area contributed by atoms with Crippen molar-refractivity contribution in [3.63, 3.8) is 0 Å². The molecule has 9 nitrogen and oxygen atoms in total. The van der Waals surface area contributed by atoms with Crippen LogP contribution < -0.4 is 0 Å². The van der Waals surface area contributed by atoms with Gasteiger partial charge < -0.3 is 14.5 Å². The summed E-state index contributed by atoms with van der Waals surface area (Å²) in [6, 6.07) is -0.336. The van der Waals surface area contributed by atoms with Crippen molar-refractivity contribution in [2.75, 3.05) is 52.5 Å². The second-order valence-corrected chi connectivity index (χ2v) is 11.4. The molecule has 2 aliphatic rings. The quantitative estimate of drug-likeness (QED) is 0.239. The zero-order valence-electron chi connectivity index (χ0n) is 22.7. The number of imide groups is 2. The number of hydrogen-bond donors (Lipinski definition) is 0. The van der Waals surface area contributed by atoms with E-state index in [1.807, 2.05) is 13.8 Å². The second kappa shape index (κ2) is 12.7. The molecule has 2 rings (SSSR count). The van der Waals surface area contributed by atoms with E-state index in [1.165, 1.54) is 9.80 Å². The van der Waals surface area contributed by atoms with E-state index in [9.17, 15) is 19.2 Å². The van der Waals surface area contributed by atoms with Crippen LogP contribution in [0.4, 0.5) is 9.59 Å². The first-order valence-electron chi connectivity index (χ1n) is 13.2. The number of amides is 6. The molecule has 0 aromatic heterocycles. The molecule has 2 saturated heterocycles. The van der Waals surface area contributed by atoms with Gasteiger partial charge >= 0.3 is 12.1 Å².